The second-order valence-corrected chi connectivity index (χ2v) is 6.38. The summed E-state index contributed by atoms with van der Waals surface area (Å²) in [6.07, 6.45) is 0. The number of aromatic carboxylic acids is 1. The molecule has 0 bridgehead atoms. The van der Waals surface area contributed by atoms with Crippen molar-refractivity contribution in [2.75, 3.05) is 0 Å². The second kappa shape index (κ2) is 6.26. The molecular weight excluding hydrogens is 286 g/mol. The van der Waals surface area contributed by atoms with Crippen molar-refractivity contribution in [1.29, 1.82) is 0 Å². The number of ether oxygens (including phenoxy) is 1. The summed E-state index contributed by atoms with van der Waals surface area (Å²) in [7, 11) is 0. The molecule has 2 rings (SSSR count). The van der Waals surface area contributed by atoms with E-state index in [4.69, 9.17) is 4.74 Å². The number of carboxylic acids is 1. The van der Waals surface area contributed by atoms with Crippen LogP contribution in [0.25, 0.3) is 0 Å². The molecule has 0 atom stereocenters. The normalized spacial score (nSPS) is 10.9. The molecule has 4 nitrogen and oxygen atoms in total. The van der Waals surface area contributed by atoms with E-state index < -0.39 is 5.97 Å². The molecule has 0 spiro atoms. The van der Waals surface area contributed by atoms with Crippen LogP contribution in [0.2, 0.25) is 0 Å². The molecule has 5 heteroatoms. The van der Waals surface area contributed by atoms with Crippen molar-refractivity contribution in [2.45, 2.75) is 40.2 Å². The number of thiazole rings is 1. The lowest BCUT2D eigenvalue weighted by Gasteiger charge is -2.09. The number of carboxylic acid groups (broad SMARTS) is 1. The Hall–Kier alpha value is -1.88. The average Bonchev–Trinajstić information content (AvgIpc) is 2.84. The van der Waals surface area contributed by atoms with Crippen LogP contribution in [0.5, 0.6) is 5.75 Å². The molecule has 0 aliphatic carbocycles. The lowest BCUT2D eigenvalue weighted by atomic mass is 10.1. The molecule has 1 N–H and O–H groups in total. The Kier molecular flexibility index (Phi) is 4.63. The Labute approximate surface area is 128 Å². The van der Waals surface area contributed by atoms with Gasteiger partial charge >= 0.3 is 5.97 Å². The third-order valence-corrected chi connectivity index (χ3v) is 4.50. The van der Waals surface area contributed by atoms with E-state index in [1.165, 1.54) is 11.3 Å². The summed E-state index contributed by atoms with van der Waals surface area (Å²) in [5.74, 6) is 0.0342. The molecule has 112 valence electrons. The quantitative estimate of drug-likeness (QED) is 0.901. The first-order chi connectivity index (χ1) is 9.88. The smallest absolute Gasteiger partial charge is 0.347 e. The van der Waals surface area contributed by atoms with Crippen molar-refractivity contribution in [1.82, 2.24) is 4.98 Å². The van der Waals surface area contributed by atoms with Crippen LogP contribution < -0.4 is 4.74 Å². The van der Waals surface area contributed by atoms with E-state index in [1.54, 1.807) is 0 Å². The van der Waals surface area contributed by atoms with E-state index in [1.807, 2.05) is 45.9 Å². The third-order valence-electron chi connectivity index (χ3n) is 3.11. The number of hydrogen-bond donors (Lipinski definition) is 1. The van der Waals surface area contributed by atoms with E-state index in [2.05, 4.69) is 4.98 Å². The maximum absolute atomic E-state index is 11.3. The van der Waals surface area contributed by atoms with Gasteiger partial charge in [-0.15, -0.1) is 11.3 Å². The number of aryl methyl sites for hydroxylation is 2. The van der Waals surface area contributed by atoms with Crippen molar-refractivity contribution in [3.05, 3.63) is 44.9 Å². The first-order valence-electron chi connectivity index (χ1n) is 6.81. The molecule has 2 aromatic rings. The van der Waals surface area contributed by atoms with Crippen LogP contribution in [0.3, 0.4) is 0 Å². The molecule has 0 amide bonds. The second-order valence-electron chi connectivity index (χ2n) is 5.35. The summed E-state index contributed by atoms with van der Waals surface area (Å²) in [4.78, 5) is 16.0. The van der Waals surface area contributed by atoms with Crippen molar-refractivity contribution in [3.63, 3.8) is 0 Å². The summed E-state index contributed by atoms with van der Waals surface area (Å²) < 4.78 is 5.77. The van der Waals surface area contributed by atoms with Gasteiger partial charge in [-0.2, -0.15) is 0 Å². The molecule has 0 aliphatic rings. The van der Waals surface area contributed by atoms with Gasteiger partial charge in [0.15, 0.2) is 0 Å². The molecule has 0 unspecified atom stereocenters. The van der Waals surface area contributed by atoms with Crippen molar-refractivity contribution >= 4 is 17.3 Å². The fraction of sp³-hybridized carbons (Fsp3) is 0.375. The Morgan fingerprint density at radius 3 is 2.71 bits per heavy atom. The molecule has 1 aromatic carbocycles. The Morgan fingerprint density at radius 1 is 1.38 bits per heavy atom. The molecule has 1 heterocycles. The molecule has 0 aliphatic heterocycles. The van der Waals surface area contributed by atoms with Gasteiger partial charge < -0.3 is 9.84 Å². The Balaban J connectivity index is 2.23. The van der Waals surface area contributed by atoms with Crippen molar-refractivity contribution < 1.29 is 14.6 Å². The molecule has 0 saturated heterocycles. The molecule has 1 aromatic heterocycles. The number of nitrogens with zero attached hydrogens (tertiary/aromatic N) is 1. The van der Waals surface area contributed by atoms with Crippen LogP contribution in [-0.2, 0) is 6.61 Å². The van der Waals surface area contributed by atoms with Gasteiger partial charge in [-0.05, 0) is 31.0 Å². The minimum atomic E-state index is -0.945. The molecule has 0 fully saturated rings. The third kappa shape index (κ3) is 3.61. The van der Waals surface area contributed by atoms with Crippen molar-refractivity contribution in [3.8, 4) is 5.75 Å². The highest BCUT2D eigenvalue weighted by Crippen LogP contribution is 2.27. The lowest BCUT2D eigenvalue weighted by Crippen LogP contribution is -2.04. The van der Waals surface area contributed by atoms with Gasteiger partial charge in [0.2, 0.25) is 0 Å². The summed E-state index contributed by atoms with van der Waals surface area (Å²) >= 11 is 1.23. The molecule has 0 radical (unpaired) electrons. The standard InChI is InChI=1S/C16H19NO3S/c1-9(2)15-17-12(14(21-15)16(18)19)8-20-13-7-10(3)5-6-11(13)4/h5-7,9H,8H2,1-4H3,(H,18,19). The van der Waals surface area contributed by atoms with Crippen LogP contribution in [0.15, 0.2) is 18.2 Å². The lowest BCUT2D eigenvalue weighted by molar-refractivity contribution is 0.0699. The first kappa shape index (κ1) is 15.5. The Morgan fingerprint density at radius 2 is 2.10 bits per heavy atom. The topological polar surface area (TPSA) is 59.4 Å². The zero-order valence-corrected chi connectivity index (χ0v) is 13.5. The van der Waals surface area contributed by atoms with E-state index in [-0.39, 0.29) is 17.4 Å². The number of benzene rings is 1. The predicted molar refractivity (Wildman–Crippen MR) is 83.4 cm³/mol. The van der Waals surface area contributed by atoms with Gasteiger partial charge in [0, 0.05) is 5.92 Å². The van der Waals surface area contributed by atoms with Crippen LogP contribution >= 0.6 is 11.3 Å². The summed E-state index contributed by atoms with van der Waals surface area (Å²) in [5.41, 5.74) is 2.63. The predicted octanol–water partition coefficient (Wildman–Crippen LogP) is 4.16. The SMILES string of the molecule is Cc1ccc(C)c(OCc2nc(C(C)C)sc2C(=O)O)c1. The first-order valence-corrected chi connectivity index (χ1v) is 7.63. The zero-order chi connectivity index (χ0) is 15.6. The number of aromatic nitrogens is 1. The highest BCUT2D eigenvalue weighted by atomic mass is 32.1. The average molecular weight is 305 g/mol. The number of hydrogen-bond acceptors (Lipinski definition) is 4. The zero-order valence-electron chi connectivity index (χ0n) is 12.6. The minimum Gasteiger partial charge on any atom is -0.487 e. The van der Waals surface area contributed by atoms with Crippen molar-refractivity contribution in [2.24, 2.45) is 0 Å². The summed E-state index contributed by atoms with van der Waals surface area (Å²) in [6.45, 7) is 8.14. The number of rotatable bonds is 5. The van der Waals surface area contributed by atoms with Gasteiger partial charge in [0.05, 0.1) is 5.01 Å². The van der Waals surface area contributed by atoms with Gasteiger partial charge in [0.25, 0.3) is 0 Å². The van der Waals surface area contributed by atoms with E-state index in [9.17, 15) is 9.90 Å². The highest BCUT2D eigenvalue weighted by molar-refractivity contribution is 7.13. The van der Waals surface area contributed by atoms with Crippen LogP contribution in [-0.4, -0.2) is 16.1 Å². The molecule has 21 heavy (non-hydrogen) atoms. The monoisotopic (exact) mass is 305 g/mol. The fourth-order valence-electron chi connectivity index (χ4n) is 1.89. The highest BCUT2D eigenvalue weighted by Gasteiger charge is 2.19. The van der Waals surface area contributed by atoms with Crippen LogP contribution in [0.4, 0.5) is 0 Å². The largest absolute Gasteiger partial charge is 0.487 e. The summed E-state index contributed by atoms with van der Waals surface area (Å²) in [5, 5.41) is 10.1. The van der Waals surface area contributed by atoms with Gasteiger partial charge in [-0.25, -0.2) is 9.78 Å². The van der Waals surface area contributed by atoms with Gasteiger partial charge in [-0.3, -0.25) is 0 Å². The van der Waals surface area contributed by atoms with E-state index in [0.717, 1.165) is 21.9 Å². The summed E-state index contributed by atoms with van der Waals surface area (Å²) in [6, 6.07) is 5.96. The van der Waals surface area contributed by atoms with Gasteiger partial charge in [-0.1, -0.05) is 26.0 Å². The maximum Gasteiger partial charge on any atom is 0.347 e. The maximum atomic E-state index is 11.3. The molecule has 0 saturated carbocycles. The number of carbonyl (C=O) groups is 1. The van der Waals surface area contributed by atoms with E-state index in [0.29, 0.717) is 5.69 Å². The minimum absolute atomic E-state index is 0.176. The molecular formula is C16H19NO3S. The van der Waals surface area contributed by atoms with Gasteiger partial charge in [0.1, 0.15) is 22.9 Å². The van der Waals surface area contributed by atoms with E-state index >= 15 is 0 Å². The van der Waals surface area contributed by atoms with Crippen LogP contribution in [0, 0.1) is 13.8 Å². The van der Waals surface area contributed by atoms with Crippen LogP contribution in [0.1, 0.15) is 51.3 Å². The fourth-order valence-corrected chi connectivity index (χ4v) is 2.80. The Bertz CT molecular complexity index is 662.